The van der Waals surface area contributed by atoms with Crippen LogP contribution < -0.4 is 0 Å². The normalized spacial score (nSPS) is 26.4. The third-order valence-corrected chi connectivity index (χ3v) is 4.38. The van der Waals surface area contributed by atoms with Crippen LogP contribution >= 0.6 is 0 Å². The molecule has 1 heterocycles. The maximum Gasteiger partial charge on any atom is 0.281 e. The molecule has 1 N–H and O–H groups in total. The zero-order valence-corrected chi connectivity index (χ0v) is 9.50. The highest BCUT2D eigenvalue weighted by molar-refractivity contribution is 7.86. The largest absolute Gasteiger partial charge is 0.393 e. The molecular weight excluding hydrogens is 204 g/mol. The van der Waals surface area contributed by atoms with Crippen molar-refractivity contribution < 1.29 is 13.5 Å². The van der Waals surface area contributed by atoms with Gasteiger partial charge in [-0.05, 0) is 19.3 Å². The van der Waals surface area contributed by atoms with Crippen molar-refractivity contribution in [3.05, 3.63) is 0 Å². The number of nitrogens with zero attached hydrogens (tertiary/aromatic N) is 2. The highest BCUT2D eigenvalue weighted by atomic mass is 32.2. The lowest BCUT2D eigenvalue weighted by molar-refractivity contribution is 0.159. The number of aliphatic hydroxyl groups excluding tert-OH is 1. The molecule has 1 aliphatic heterocycles. The number of aliphatic hydroxyl groups is 1. The molecule has 0 aromatic carbocycles. The third kappa shape index (κ3) is 2.66. The van der Waals surface area contributed by atoms with E-state index in [0.717, 1.165) is 6.42 Å². The average molecular weight is 222 g/mol. The average Bonchev–Trinajstić information content (AvgIpc) is 2.29. The van der Waals surface area contributed by atoms with Crippen LogP contribution in [0.4, 0.5) is 0 Å². The zero-order valence-electron chi connectivity index (χ0n) is 8.68. The van der Waals surface area contributed by atoms with Crippen molar-refractivity contribution in [3.8, 4) is 0 Å². The van der Waals surface area contributed by atoms with Gasteiger partial charge in [-0.15, -0.1) is 0 Å². The van der Waals surface area contributed by atoms with E-state index >= 15 is 0 Å². The molecule has 1 aliphatic rings. The lowest BCUT2D eigenvalue weighted by Crippen LogP contribution is -2.40. The van der Waals surface area contributed by atoms with Gasteiger partial charge in [0.1, 0.15) is 0 Å². The van der Waals surface area contributed by atoms with Crippen molar-refractivity contribution in [1.82, 2.24) is 8.61 Å². The lowest BCUT2D eigenvalue weighted by atomic mass is 10.2. The van der Waals surface area contributed by atoms with E-state index in [1.54, 1.807) is 0 Å². The van der Waals surface area contributed by atoms with Gasteiger partial charge in [0.15, 0.2) is 0 Å². The SMILES string of the molecule is CN(C)S(=O)(=O)N1CCCC(O)CC1. The van der Waals surface area contributed by atoms with Gasteiger partial charge in [0.05, 0.1) is 6.10 Å². The van der Waals surface area contributed by atoms with Crippen molar-refractivity contribution in [2.75, 3.05) is 27.2 Å². The van der Waals surface area contributed by atoms with Crippen molar-refractivity contribution in [2.45, 2.75) is 25.4 Å². The Morgan fingerprint density at radius 1 is 1.29 bits per heavy atom. The fourth-order valence-corrected chi connectivity index (χ4v) is 2.67. The molecule has 1 fully saturated rings. The van der Waals surface area contributed by atoms with Crippen LogP contribution in [0.5, 0.6) is 0 Å². The molecule has 84 valence electrons. The predicted octanol–water partition coefficient (Wildman–Crippen LogP) is -0.360. The van der Waals surface area contributed by atoms with E-state index in [-0.39, 0.29) is 6.10 Å². The Morgan fingerprint density at radius 2 is 1.93 bits per heavy atom. The van der Waals surface area contributed by atoms with Crippen molar-refractivity contribution in [1.29, 1.82) is 0 Å². The Labute approximate surface area is 85.5 Å². The summed E-state index contributed by atoms with van der Waals surface area (Å²) in [6, 6.07) is 0. The molecule has 0 aromatic heterocycles. The van der Waals surface area contributed by atoms with Gasteiger partial charge in [0.25, 0.3) is 10.2 Å². The van der Waals surface area contributed by atoms with Crippen LogP contribution in [0.15, 0.2) is 0 Å². The van der Waals surface area contributed by atoms with E-state index in [1.807, 2.05) is 0 Å². The highest BCUT2D eigenvalue weighted by Gasteiger charge is 2.26. The molecule has 5 nitrogen and oxygen atoms in total. The molecular formula is C8H18N2O3S. The highest BCUT2D eigenvalue weighted by Crippen LogP contribution is 2.14. The second kappa shape index (κ2) is 4.57. The number of hydrogen-bond donors (Lipinski definition) is 1. The minimum Gasteiger partial charge on any atom is -0.393 e. The van der Waals surface area contributed by atoms with Crippen LogP contribution in [0.1, 0.15) is 19.3 Å². The van der Waals surface area contributed by atoms with Crippen molar-refractivity contribution in [2.24, 2.45) is 0 Å². The Bertz CT molecular complexity index is 276. The minimum atomic E-state index is -3.29. The summed E-state index contributed by atoms with van der Waals surface area (Å²) in [5, 5.41) is 9.38. The molecule has 0 saturated carbocycles. The first-order valence-electron chi connectivity index (χ1n) is 4.80. The zero-order chi connectivity index (χ0) is 10.8. The summed E-state index contributed by atoms with van der Waals surface area (Å²) in [6.45, 7) is 0.930. The van der Waals surface area contributed by atoms with E-state index in [2.05, 4.69) is 0 Å². The van der Waals surface area contributed by atoms with Crippen LogP contribution in [-0.4, -0.2) is 55.4 Å². The summed E-state index contributed by atoms with van der Waals surface area (Å²) < 4.78 is 26.1. The molecule has 0 radical (unpaired) electrons. The quantitative estimate of drug-likeness (QED) is 0.694. The van der Waals surface area contributed by atoms with Gasteiger partial charge in [-0.2, -0.15) is 17.0 Å². The van der Waals surface area contributed by atoms with Gasteiger partial charge in [0.2, 0.25) is 0 Å². The fraction of sp³-hybridized carbons (Fsp3) is 1.00. The van der Waals surface area contributed by atoms with Gasteiger partial charge >= 0.3 is 0 Å². The minimum absolute atomic E-state index is 0.350. The van der Waals surface area contributed by atoms with Gasteiger partial charge in [-0.3, -0.25) is 0 Å². The van der Waals surface area contributed by atoms with Gasteiger partial charge in [-0.25, -0.2) is 0 Å². The van der Waals surface area contributed by atoms with Crippen LogP contribution in [0, 0.1) is 0 Å². The second-order valence-corrected chi connectivity index (χ2v) is 5.92. The van der Waals surface area contributed by atoms with Gasteiger partial charge in [0, 0.05) is 27.2 Å². The topological polar surface area (TPSA) is 60.9 Å². The third-order valence-electron chi connectivity index (χ3n) is 2.44. The summed E-state index contributed by atoms with van der Waals surface area (Å²) in [5.41, 5.74) is 0. The molecule has 1 unspecified atom stereocenters. The molecule has 0 aromatic rings. The molecule has 0 bridgehead atoms. The van der Waals surface area contributed by atoms with E-state index in [9.17, 15) is 13.5 Å². The molecule has 1 rings (SSSR count). The molecule has 1 atom stereocenters. The maximum absolute atomic E-state index is 11.7. The molecule has 1 saturated heterocycles. The smallest absolute Gasteiger partial charge is 0.281 e. The Morgan fingerprint density at radius 3 is 2.50 bits per heavy atom. The van der Waals surface area contributed by atoms with Crippen molar-refractivity contribution >= 4 is 10.2 Å². The van der Waals surface area contributed by atoms with Gasteiger partial charge in [-0.1, -0.05) is 0 Å². The second-order valence-electron chi connectivity index (χ2n) is 3.77. The summed E-state index contributed by atoms with van der Waals surface area (Å²) in [5.74, 6) is 0. The standard InChI is InChI=1S/C8H18N2O3S/c1-9(2)14(12,13)10-6-3-4-8(11)5-7-10/h8,11H,3-7H2,1-2H3. The number of rotatable bonds is 2. The summed E-state index contributed by atoms with van der Waals surface area (Å²) in [7, 11) is -0.242. The molecule has 0 aliphatic carbocycles. The van der Waals surface area contributed by atoms with Crippen LogP contribution in [0.3, 0.4) is 0 Å². The van der Waals surface area contributed by atoms with E-state index in [1.165, 1.54) is 22.7 Å². The van der Waals surface area contributed by atoms with E-state index < -0.39 is 10.2 Å². The molecule has 0 spiro atoms. The first-order chi connectivity index (χ1) is 6.44. The molecule has 14 heavy (non-hydrogen) atoms. The molecule has 0 amide bonds. The first kappa shape index (κ1) is 11.9. The fourth-order valence-electron chi connectivity index (χ4n) is 1.51. The summed E-state index contributed by atoms with van der Waals surface area (Å²) in [4.78, 5) is 0. The van der Waals surface area contributed by atoms with E-state index in [0.29, 0.717) is 25.9 Å². The van der Waals surface area contributed by atoms with Crippen LogP contribution in [0.25, 0.3) is 0 Å². The number of hydrogen-bond acceptors (Lipinski definition) is 3. The summed E-state index contributed by atoms with van der Waals surface area (Å²) in [6.07, 6.45) is 1.61. The van der Waals surface area contributed by atoms with E-state index in [4.69, 9.17) is 0 Å². The Kier molecular flexibility index (Phi) is 3.88. The Balaban J connectivity index is 2.69. The summed E-state index contributed by atoms with van der Waals surface area (Å²) >= 11 is 0. The van der Waals surface area contributed by atoms with Crippen molar-refractivity contribution in [3.63, 3.8) is 0 Å². The monoisotopic (exact) mass is 222 g/mol. The predicted molar refractivity (Wildman–Crippen MR) is 54.0 cm³/mol. The first-order valence-corrected chi connectivity index (χ1v) is 6.20. The maximum atomic E-state index is 11.7. The lowest BCUT2D eigenvalue weighted by Gasteiger charge is -2.23. The van der Waals surface area contributed by atoms with Gasteiger partial charge < -0.3 is 5.11 Å². The molecule has 6 heteroatoms. The van der Waals surface area contributed by atoms with Crippen LogP contribution in [-0.2, 0) is 10.2 Å². The van der Waals surface area contributed by atoms with Crippen LogP contribution in [0.2, 0.25) is 0 Å². The Hall–Kier alpha value is -0.170.